The summed E-state index contributed by atoms with van der Waals surface area (Å²) in [6.07, 6.45) is 1.17. The van der Waals surface area contributed by atoms with Gasteiger partial charge in [-0.25, -0.2) is 4.79 Å². The van der Waals surface area contributed by atoms with Gasteiger partial charge in [0, 0.05) is 5.02 Å². The topological polar surface area (TPSA) is 117 Å². The Morgan fingerprint density at radius 2 is 1.86 bits per heavy atom. The molecule has 0 spiro atoms. The second-order valence-corrected chi connectivity index (χ2v) is 7.44. The largest absolute Gasteiger partial charge is 0.481 e. The number of rotatable bonds is 6. The van der Waals surface area contributed by atoms with E-state index < -0.39 is 23.1 Å². The first-order chi connectivity index (χ1) is 13.9. The van der Waals surface area contributed by atoms with Crippen molar-refractivity contribution in [2.24, 2.45) is 10.2 Å². The lowest BCUT2D eigenvalue weighted by atomic mass is 10.2. The lowest BCUT2D eigenvalue weighted by Gasteiger charge is -2.04. The van der Waals surface area contributed by atoms with Crippen LogP contribution >= 0.6 is 23.4 Å². The first-order valence-corrected chi connectivity index (χ1v) is 9.54. The first kappa shape index (κ1) is 20.6. The van der Waals surface area contributed by atoms with Crippen molar-refractivity contribution in [3.63, 3.8) is 0 Å². The lowest BCUT2D eigenvalue weighted by molar-refractivity contribution is -0.138. The minimum atomic E-state index is -1.06. The Bertz CT molecular complexity index is 990. The maximum atomic E-state index is 12.1. The zero-order valence-electron chi connectivity index (χ0n) is 14.7. The predicted octanol–water partition coefficient (Wildman–Crippen LogP) is 2.96. The average molecular weight is 432 g/mol. The highest BCUT2D eigenvalue weighted by Crippen LogP contribution is 2.22. The molecule has 0 saturated carbocycles. The highest BCUT2D eigenvalue weighted by Gasteiger charge is 2.32. The minimum absolute atomic E-state index is 0.242. The number of aliphatic carboxylic acids is 1. The number of carbonyl (C=O) groups is 3. The molecule has 8 nitrogen and oxygen atoms in total. The summed E-state index contributed by atoms with van der Waals surface area (Å²) >= 11 is 6.81. The van der Waals surface area contributed by atoms with E-state index in [1.807, 2.05) is 0 Å². The molecule has 2 N–H and O–H groups in total. The van der Waals surface area contributed by atoms with Crippen LogP contribution in [-0.4, -0.2) is 39.6 Å². The molecule has 1 atom stereocenters. The number of hydrogen-bond acceptors (Lipinski definition) is 7. The standard InChI is InChI=1S/C19H14ClN3O5S/c20-13-5-3-12(4-6-13)18(27)28-14-7-1-11(2-8-14)10-21-23-19-22-17(26)15(29-19)9-16(24)25/h1-8,10,15H,9H2,(H,24,25)(H,22,23,26)/b21-10-/t15-/m0/s1. The number of nitrogens with one attached hydrogen (secondary N) is 1. The maximum absolute atomic E-state index is 12.1. The van der Waals surface area contributed by atoms with E-state index >= 15 is 0 Å². The molecule has 2 aromatic rings. The van der Waals surface area contributed by atoms with Crippen molar-refractivity contribution in [3.05, 3.63) is 64.7 Å². The summed E-state index contributed by atoms with van der Waals surface area (Å²) in [4.78, 5) is 34.4. The van der Waals surface area contributed by atoms with E-state index in [9.17, 15) is 14.4 Å². The van der Waals surface area contributed by atoms with Gasteiger partial charge in [0.2, 0.25) is 5.91 Å². The normalized spacial score (nSPS) is 17.5. The molecule has 3 rings (SSSR count). The number of esters is 1. The molecule has 29 heavy (non-hydrogen) atoms. The summed E-state index contributed by atoms with van der Waals surface area (Å²) in [6, 6.07) is 12.9. The number of thioether (sulfide) groups is 1. The Labute approximate surface area is 174 Å². The average Bonchev–Trinajstić information content (AvgIpc) is 3.02. The van der Waals surface area contributed by atoms with Crippen LogP contribution in [0.1, 0.15) is 22.3 Å². The number of benzene rings is 2. The second-order valence-electron chi connectivity index (χ2n) is 5.81. The number of amidine groups is 1. The van der Waals surface area contributed by atoms with Crippen LogP contribution in [0.5, 0.6) is 5.75 Å². The molecule has 0 radical (unpaired) electrons. The molecule has 2 aromatic carbocycles. The summed E-state index contributed by atoms with van der Waals surface area (Å²) in [5, 5.41) is 19.0. The summed E-state index contributed by atoms with van der Waals surface area (Å²) in [5.74, 6) is -1.60. The zero-order valence-corrected chi connectivity index (χ0v) is 16.3. The van der Waals surface area contributed by atoms with Crippen molar-refractivity contribution in [3.8, 4) is 5.75 Å². The quantitative estimate of drug-likeness (QED) is 0.314. The van der Waals surface area contributed by atoms with Gasteiger partial charge >= 0.3 is 11.9 Å². The number of carbonyl (C=O) groups excluding carboxylic acids is 2. The molecule has 1 heterocycles. The van der Waals surface area contributed by atoms with E-state index in [4.69, 9.17) is 21.4 Å². The van der Waals surface area contributed by atoms with E-state index in [2.05, 4.69) is 15.5 Å². The third-order valence-corrected chi connectivity index (χ3v) is 4.99. The fourth-order valence-electron chi connectivity index (χ4n) is 2.27. The van der Waals surface area contributed by atoms with Crippen molar-refractivity contribution in [2.45, 2.75) is 11.7 Å². The van der Waals surface area contributed by atoms with Crippen molar-refractivity contribution in [1.82, 2.24) is 5.32 Å². The van der Waals surface area contributed by atoms with Gasteiger partial charge in [0.05, 0.1) is 18.2 Å². The Hall–Kier alpha value is -3.17. The lowest BCUT2D eigenvalue weighted by Crippen LogP contribution is -2.26. The fourth-order valence-corrected chi connectivity index (χ4v) is 3.31. The first-order valence-electron chi connectivity index (χ1n) is 8.29. The summed E-state index contributed by atoms with van der Waals surface area (Å²) in [6.45, 7) is 0. The van der Waals surface area contributed by atoms with Crippen LogP contribution < -0.4 is 10.1 Å². The molecule has 1 aliphatic heterocycles. The molecule has 1 saturated heterocycles. The zero-order chi connectivity index (χ0) is 20.8. The third-order valence-electron chi connectivity index (χ3n) is 3.66. The van der Waals surface area contributed by atoms with E-state index in [0.29, 0.717) is 21.9 Å². The monoisotopic (exact) mass is 431 g/mol. The minimum Gasteiger partial charge on any atom is -0.481 e. The smallest absolute Gasteiger partial charge is 0.343 e. The van der Waals surface area contributed by atoms with Crippen molar-refractivity contribution in [2.75, 3.05) is 0 Å². The SMILES string of the molecule is O=C(O)C[C@@H]1S/C(=N\N=C/c2ccc(OC(=O)c3ccc(Cl)cc3)cc2)NC1=O. The highest BCUT2D eigenvalue weighted by molar-refractivity contribution is 8.15. The number of nitrogens with zero attached hydrogens (tertiary/aromatic N) is 2. The van der Waals surface area contributed by atoms with Crippen molar-refractivity contribution < 1.29 is 24.2 Å². The molecule has 10 heteroatoms. The summed E-state index contributed by atoms with van der Waals surface area (Å²) < 4.78 is 5.28. The highest BCUT2D eigenvalue weighted by atomic mass is 35.5. The van der Waals surface area contributed by atoms with E-state index in [1.165, 1.54) is 6.21 Å². The fraction of sp³-hybridized carbons (Fsp3) is 0.105. The molecular weight excluding hydrogens is 418 g/mol. The summed E-state index contributed by atoms with van der Waals surface area (Å²) in [5.41, 5.74) is 1.07. The van der Waals surface area contributed by atoms with Crippen LogP contribution in [0.3, 0.4) is 0 Å². The number of amides is 1. The van der Waals surface area contributed by atoms with Crippen LogP contribution in [0.15, 0.2) is 58.7 Å². The molecule has 1 fully saturated rings. The van der Waals surface area contributed by atoms with Crippen LogP contribution in [0, 0.1) is 0 Å². The van der Waals surface area contributed by atoms with Gasteiger partial charge in [-0.2, -0.15) is 5.10 Å². The molecule has 0 aromatic heterocycles. The molecule has 1 amide bonds. The van der Waals surface area contributed by atoms with Gasteiger partial charge < -0.3 is 15.2 Å². The van der Waals surface area contributed by atoms with E-state index in [1.54, 1.807) is 48.5 Å². The second kappa shape index (κ2) is 9.35. The number of ether oxygens (including phenoxy) is 1. The van der Waals surface area contributed by atoms with Crippen LogP contribution in [0.25, 0.3) is 0 Å². The Morgan fingerprint density at radius 3 is 2.52 bits per heavy atom. The Morgan fingerprint density at radius 1 is 1.17 bits per heavy atom. The molecule has 1 aliphatic rings. The van der Waals surface area contributed by atoms with Crippen molar-refractivity contribution >= 4 is 52.6 Å². The van der Waals surface area contributed by atoms with Gasteiger partial charge in [0.15, 0.2) is 5.17 Å². The van der Waals surface area contributed by atoms with Crippen LogP contribution in [0.4, 0.5) is 0 Å². The molecule has 0 aliphatic carbocycles. The third kappa shape index (κ3) is 5.90. The molecule has 148 valence electrons. The molecule has 0 unspecified atom stereocenters. The summed E-state index contributed by atoms with van der Waals surface area (Å²) in [7, 11) is 0. The van der Waals surface area contributed by atoms with Gasteiger partial charge in [-0.05, 0) is 54.1 Å². The maximum Gasteiger partial charge on any atom is 0.343 e. The van der Waals surface area contributed by atoms with Gasteiger partial charge in [-0.1, -0.05) is 23.4 Å². The van der Waals surface area contributed by atoms with Gasteiger partial charge in [0.1, 0.15) is 11.0 Å². The number of carboxylic acid groups (broad SMARTS) is 1. The van der Waals surface area contributed by atoms with Crippen LogP contribution in [0.2, 0.25) is 5.02 Å². The Balaban J connectivity index is 1.56. The van der Waals surface area contributed by atoms with E-state index in [0.717, 1.165) is 11.8 Å². The van der Waals surface area contributed by atoms with Gasteiger partial charge in [-0.3, -0.25) is 9.59 Å². The predicted molar refractivity (Wildman–Crippen MR) is 110 cm³/mol. The van der Waals surface area contributed by atoms with Crippen molar-refractivity contribution in [1.29, 1.82) is 0 Å². The van der Waals surface area contributed by atoms with E-state index in [-0.39, 0.29) is 11.6 Å². The Kier molecular flexibility index (Phi) is 6.63. The van der Waals surface area contributed by atoms with Gasteiger partial charge in [-0.15, -0.1) is 5.10 Å². The molecule has 0 bridgehead atoms. The number of hydrogen-bond donors (Lipinski definition) is 2. The van der Waals surface area contributed by atoms with Crippen LogP contribution in [-0.2, 0) is 9.59 Å². The number of carboxylic acids is 1. The number of halogens is 1. The van der Waals surface area contributed by atoms with Gasteiger partial charge in [0.25, 0.3) is 0 Å². The molecular formula is C19H14ClN3O5S.